The molecule has 1 fully saturated rings. The Morgan fingerprint density at radius 1 is 1.18 bits per heavy atom. The number of amides is 2. The van der Waals surface area contributed by atoms with Crippen LogP contribution in [0, 0.1) is 17.2 Å². The summed E-state index contributed by atoms with van der Waals surface area (Å²) in [5.74, 6) is -2.58. The molecule has 1 aromatic carbocycles. The van der Waals surface area contributed by atoms with Gasteiger partial charge in [0, 0.05) is 19.2 Å². The Bertz CT molecular complexity index is 998. The molecule has 0 saturated carbocycles. The smallest absolute Gasteiger partial charge is 0.268 e. The maximum absolute atomic E-state index is 14.0. The number of likely N-dealkylation sites (tertiary alicyclic amines) is 1. The zero-order chi connectivity index (χ0) is 25.8. The van der Waals surface area contributed by atoms with Gasteiger partial charge in [-0.1, -0.05) is 58.9 Å². The minimum Gasteiger partial charge on any atom is -0.348 e. The van der Waals surface area contributed by atoms with Gasteiger partial charge >= 0.3 is 0 Å². The van der Waals surface area contributed by atoms with Crippen LogP contribution in [0.5, 0.6) is 0 Å². The summed E-state index contributed by atoms with van der Waals surface area (Å²) in [4.78, 5) is 27.4. The average Bonchev–Trinajstić information content (AvgIpc) is 3.38. The SMILES string of the molecule is CC.CC(NC(=O)C1CCCN1C(=O)C(N)C(C)(C)C)c1ccc(-c2c(F)c(F)nn2C)cc1. The first-order valence-corrected chi connectivity index (χ1v) is 11.8. The van der Waals surface area contributed by atoms with Crippen LogP contribution in [0.1, 0.15) is 66.0 Å². The molecule has 1 aliphatic rings. The summed E-state index contributed by atoms with van der Waals surface area (Å²) in [6.07, 6.45) is 1.34. The number of carbonyl (C=O) groups is 2. The zero-order valence-electron chi connectivity index (χ0n) is 21.2. The number of carbonyl (C=O) groups excluding carboxylic acids is 2. The lowest BCUT2D eigenvalue weighted by atomic mass is 9.86. The first kappa shape index (κ1) is 27.4. The molecule has 3 rings (SSSR count). The fourth-order valence-electron chi connectivity index (χ4n) is 3.95. The monoisotopic (exact) mass is 477 g/mol. The molecular weight excluding hydrogens is 440 g/mol. The van der Waals surface area contributed by atoms with Gasteiger partial charge in [-0.3, -0.25) is 14.3 Å². The number of hydrogen-bond donors (Lipinski definition) is 2. The molecule has 2 heterocycles. The molecule has 34 heavy (non-hydrogen) atoms. The minimum absolute atomic E-state index is 0.0565. The summed E-state index contributed by atoms with van der Waals surface area (Å²) in [7, 11) is 1.47. The van der Waals surface area contributed by atoms with E-state index >= 15 is 0 Å². The Kier molecular flexibility index (Phi) is 8.94. The van der Waals surface area contributed by atoms with Gasteiger partial charge in [-0.25, -0.2) is 0 Å². The molecule has 0 spiro atoms. The van der Waals surface area contributed by atoms with Gasteiger partial charge in [-0.2, -0.15) is 8.78 Å². The lowest BCUT2D eigenvalue weighted by Crippen LogP contribution is -2.55. The topological polar surface area (TPSA) is 93.2 Å². The molecular formula is C25H37F2N5O2. The third-order valence-corrected chi connectivity index (χ3v) is 6.03. The van der Waals surface area contributed by atoms with E-state index in [-0.39, 0.29) is 23.6 Å². The maximum atomic E-state index is 14.0. The van der Waals surface area contributed by atoms with Crippen LogP contribution in [0.3, 0.4) is 0 Å². The van der Waals surface area contributed by atoms with Gasteiger partial charge in [0.05, 0.1) is 12.1 Å². The molecule has 2 aromatic rings. The Balaban J connectivity index is 0.00000199. The molecule has 0 bridgehead atoms. The summed E-state index contributed by atoms with van der Waals surface area (Å²) in [5.41, 5.74) is 7.07. The van der Waals surface area contributed by atoms with E-state index in [2.05, 4.69) is 10.4 Å². The van der Waals surface area contributed by atoms with Crippen LogP contribution in [-0.4, -0.2) is 45.1 Å². The highest BCUT2D eigenvalue weighted by Gasteiger charge is 2.39. The summed E-state index contributed by atoms with van der Waals surface area (Å²) < 4.78 is 28.5. The molecule has 0 aliphatic carbocycles. The number of aromatic nitrogens is 2. The third kappa shape index (κ3) is 5.81. The fraction of sp³-hybridized carbons (Fsp3) is 0.560. The summed E-state index contributed by atoms with van der Waals surface area (Å²) in [5, 5.41) is 6.42. The number of nitrogens with two attached hydrogens (primary N) is 1. The van der Waals surface area contributed by atoms with Crippen molar-refractivity contribution in [1.29, 1.82) is 0 Å². The molecule has 7 nitrogen and oxygen atoms in total. The van der Waals surface area contributed by atoms with Crippen molar-refractivity contribution in [1.82, 2.24) is 20.0 Å². The molecule has 3 N–H and O–H groups in total. The number of halogens is 2. The molecule has 0 radical (unpaired) electrons. The van der Waals surface area contributed by atoms with E-state index in [1.54, 1.807) is 29.2 Å². The largest absolute Gasteiger partial charge is 0.348 e. The van der Waals surface area contributed by atoms with Crippen molar-refractivity contribution in [3.8, 4) is 11.3 Å². The highest BCUT2D eigenvalue weighted by Crippen LogP contribution is 2.27. The average molecular weight is 478 g/mol. The minimum atomic E-state index is -1.14. The second-order valence-corrected chi connectivity index (χ2v) is 9.46. The first-order chi connectivity index (χ1) is 15.9. The van der Waals surface area contributed by atoms with Crippen molar-refractivity contribution >= 4 is 11.8 Å². The standard InChI is InChI=1S/C23H31F2N5O2.C2H6/c1-13(14-8-10-15(11-9-14)18-17(24)20(25)28-29(18)5)27-21(31)16-7-6-12-30(16)22(32)19(26)23(2,3)4;1-2/h8-11,13,16,19H,6-7,12,26H2,1-5H3,(H,27,31);1-2H3. The van der Waals surface area contributed by atoms with Crippen molar-refractivity contribution in [2.24, 2.45) is 18.2 Å². The predicted octanol–water partition coefficient (Wildman–Crippen LogP) is 3.93. The Morgan fingerprint density at radius 2 is 1.76 bits per heavy atom. The molecule has 1 aromatic heterocycles. The van der Waals surface area contributed by atoms with E-state index in [4.69, 9.17) is 5.73 Å². The predicted molar refractivity (Wildman–Crippen MR) is 129 cm³/mol. The van der Waals surface area contributed by atoms with Crippen molar-refractivity contribution in [3.63, 3.8) is 0 Å². The van der Waals surface area contributed by atoms with Crippen molar-refractivity contribution in [3.05, 3.63) is 41.6 Å². The van der Waals surface area contributed by atoms with Gasteiger partial charge in [-0.15, -0.1) is 5.10 Å². The van der Waals surface area contributed by atoms with Gasteiger partial charge in [0.25, 0.3) is 5.95 Å². The fourth-order valence-corrected chi connectivity index (χ4v) is 3.95. The van der Waals surface area contributed by atoms with Gasteiger partial charge in [0.2, 0.25) is 17.6 Å². The maximum Gasteiger partial charge on any atom is 0.268 e. The van der Waals surface area contributed by atoms with E-state index in [0.717, 1.165) is 16.7 Å². The van der Waals surface area contributed by atoms with Crippen LogP contribution in [0.2, 0.25) is 0 Å². The second kappa shape index (κ2) is 11.1. The number of rotatable bonds is 5. The Labute approximate surface area is 200 Å². The molecule has 3 atom stereocenters. The first-order valence-electron chi connectivity index (χ1n) is 11.8. The number of nitrogens with zero attached hydrogens (tertiary/aromatic N) is 3. The Hall–Kier alpha value is -2.81. The number of aryl methyl sites for hydroxylation is 1. The number of hydrogen-bond acceptors (Lipinski definition) is 4. The number of benzene rings is 1. The third-order valence-electron chi connectivity index (χ3n) is 6.03. The summed E-state index contributed by atoms with van der Waals surface area (Å²) in [6.45, 7) is 12.0. The number of nitrogens with one attached hydrogen (secondary N) is 1. The molecule has 1 aliphatic heterocycles. The van der Waals surface area contributed by atoms with Gasteiger partial charge < -0.3 is 16.0 Å². The van der Waals surface area contributed by atoms with Crippen LogP contribution < -0.4 is 11.1 Å². The summed E-state index contributed by atoms with van der Waals surface area (Å²) in [6, 6.07) is 5.24. The van der Waals surface area contributed by atoms with E-state index in [0.29, 0.717) is 18.5 Å². The molecule has 2 amide bonds. The van der Waals surface area contributed by atoms with Gasteiger partial charge in [0.15, 0.2) is 0 Å². The quantitative estimate of drug-likeness (QED) is 0.682. The van der Waals surface area contributed by atoms with Crippen molar-refractivity contribution < 1.29 is 18.4 Å². The molecule has 9 heteroatoms. The highest BCUT2D eigenvalue weighted by atomic mass is 19.2. The zero-order valence-corrected chi connectivity index (χ0v) is 21.2. The Morgan fingerprint density at radius 3 is 2.26 bits per heavy atom. The van der Waals surface area contributed by atoms with Crippen LogP contribution in [0.4, 0.5) is 8.78 Å². The normalized spacial score (nSPS) is 17.6. The van der Waals surface area contributed by atoms with E-state index in [1.165, 1.54) is 7.05 Å². The molecule has 3 unspecified atom stereocenters. The van der Waals surface area contributed by atoms with Crippen LogP contribution >= 0.6 is 0 Å². The van der Waals surface area contributed by atoms with Crippen LogP contribution in [0.25, 0.3) is 11.3 Å². The van der Waals surface area contributed by atoms with Crippen LogP contribution in [0.15, 0.2) is 24.3 Å². The van der Waals surface area contributed by atoms with E-state index in [1.807, 2.05) is 41.5 Å². The summed E-state index contributed by atoms with van der Waals surface area (Å²) >= 11 is 0. The van der Waals surface area contributed by atoms with Gasteiger partial charge in [0.1, 0.15) is 11.7 Å². The van der Waals surface area contributed by atoms with Crippen LogP contribution in [-0.2, 0) is 16.6 Å². The second-order valence-electron chi connectivity index (χ2n) is 9.46. The van der Waals surface area contributed by atoms with Gasteiger partial charge in [-0.05, 0) is 30.7 Å². The molecule has 1 saturated heterocycles. The highest BCUT2D eigenvalue weighted by molar-refractivity contribution is 5.90. The van der Waals surface area contributed by atoms with Crippen molar-refractivity contribution in [2.45, 2.75) is 72.5 Å². The lowest BCUT2D eigenvalue weighted by molar-refractivity contribution is -0.141. The van der Waals surface area contributed by atoms with E-state index in [9.17, 15) is 18.4 Å². The van der Waals surface area contributed by atoms with E-state index < -0.39 is 29.3 Å². The van der Waals surface area contributed by atoms with Crippen molar-refractivity contribution in [2.75, 3.05) is 6.54 Å². The molecule has 188 valence electrons. The lowest BCUT2D eigenvalue weighted by Gasteiger charge is -2.33.